The van der Waals surface area contributed by atoms with Crippen LogP contribution < -0.4 is 10.1 Å². The maximum atomic E-state index is 5.34. The Balaban J connectivity index is 2.07. The molecule has 1 heterocycles. The van der Waals surface area contributed by atoms with E-state index in [9.17, 15) is 0 Å². The Kier molecular flexibility index (Phi) is 3.83. The maximum absolute atomic E-state index is 5.34. The van der Waals surface area contributed by atoms with Crippen LogP contribution in [-0.2, 0) is 4.74 Å². The van der Waals surface area contributed by atoms with Gasteiger partial charge in [-0.2, -0.15) is 0 Å². The molecule has 0 aromatic heterocycles. The third-order valence-corrected chi connectivity index (χ3v) is 2.61. The Hall–Kier alpha value is -1.74. The number of hydrogen-bond donors (Lipinski definition) is 1. The molecule has 0 bridgehead atoms. The van der Waals surface area contributed by atoms with Crippen LogP contribution in [0.4, 0.5) is 0 Å². The second kappa shape index (κ2) is 5.55. The molecule has 1 aromatic rings. The summed E-state index contributed by atoms with van der Waals surface area (Å²) >= 11 is 0. The Morgan fingerprint density at radius 1 is 1.29 bits per heavy atom. The van der Waals surface area contributed by atoms with E-state index in [2.05, 4.69) is 18.0 Å². The minimum absolute atomic E-state index is 0.275. The van der Waals surface area contributed by atoms with Gasteiger partial charge < -0.3 is 14.8 Å². The number of benzene rings is 1. The Bertz CT molecular complexity index is 420. The van der Waals surface area contributed by atoms with Crippen molar-refractivity contribution in [1.82, 2.24) is 5.32 Å². The van der Waals surface area contributed by atoms with Crippen LogP contribution in [0.5, 0.6) is 5.75 Å². The molecule has 0 spiro atoms. The highest BCUT2D eigenvalue weighted by Gasteiger charge is 2.07. The Morgan fingerprint density at radius 2 is 2.06 bits per heavy atom. The van der Waals surface area contributed by atoms with Crippen LogP contribution in [0.1, 0.15) is 18.4 Å². The van der Waals surface area contributed by atoms with Gasteiger partial charge in [0.1, 0.15) is 5.75 Å². The molecule has 0 aliphatic carbocycles. The molecule has 17 heavy (non-hydrogen) atoms. The quantitative estimate of drug-likeness (QED) is 0.808. The fourth-order valence-electron chi connectivity index (χ4n) is 1.74. The fraction of sp³-hybridized carbons (Fsp3) is 0.286. The van der Waals surface area contributed by atoms with Crippen LogP contribution in [0.2, 0.25) is 0 Å². The predicted octanol–water partition coefficient (Wildman–Crippen LogP) is 2.91. The largest absolute Gasteiger partial charge is 0.468 e. The van der Waals surface area contributed by atoms with Crippen LogP contribution in [0.3, 0.4) is 0 Å². The van der Waals surface area contributed by atoms with Crippen molar-refractivity contribution in [2.24, 2.45) is 0 Å². The van der Waals surface area contributed by atoms with Crippen molar-refractivity contribution in [2.45, 2.75) is 12.8 Å². The van der Waals surface area contributed by atoms with Gasteiger partial charge in [-0.25, -0.2) is 0 Å². The van der Waals surface area contributed by atoms with Crippen molar-refractivity contribution >= 4 is 5.70 Å². The summed E-state index contributed by atoms with van der Waals surface area (Å²) in [4.78, 5) is 0. The van der Waals surface area contributed by atoms with Crippen LogP contribution in [-0.4, -0.2) is 13.9 Å². The van der Waals surface area contributed by atoms with Gasteiger partial charge in [0.05, 0.1) is 0 Å². The summed E-state index contributed by atoms with van der Waals surface area (Å²) in [5, 5.41) is 3.30. The van der Waals surface area contributed by atoms with Crippen molar-refractivity contribution in [3.8, 4) is 5.75 Å². The van der Waals surface area contributed by atoms with E-state index in [4.69, 9.17) is 9.47 Å². The molecule has 0 radical (unpaired) electrons. The normalized spacial score (nSPS) is 15.1. The number of allylic oxidation sites excluding steroid dienone is 2. The van der Waals surface area contributed by atoms with Gasteiger partial charge in [-0.05, 0) is 42.7 Å². The van der Waals surface area contributed by atoms with Gasteiger partial charge >= 0.3 is 0 Å². The van der Waals surface area contributed by atoms with Gasteiger partial charge in [0.25, 0.3) is 0 Å². The van der Waals surface area contributed by atoms with Crippen molar-refractivity contribution in [3.63, 3.8) is 0 Å². The number of ether oxygens (including phenoxy) is 2. The molecule has 1 aliphatic rings. The van der Waals surface area contributed by atoms with Gasteiger partial charge in [0.2, 0.25) is 0 Å². The number of rotatable bonds is 4. The van der Waals surface area contributed by atoms with E-state index in [1.54, 1.807) is 7.11 Å². The van der Waals surface area contributed by atoms with E-state index in [-0.39, 0.29) is 6.79 Å². The first-order valence-corrected chi connectivity index (χ1v) is 5.67. The van der Waals surface area contributed by atoms with E-state index < -0.39 is 0 Å². The van der Waals surface area contributed by atoms with Crippen LogP contribution >= 0.6 is 0 Å². The zero-order valence-corrected chi connectivity index (χ0v) is 10.0. The molecule has 0 atom stereocenters. The van der Waals surface area contributed by atoms with Crippen molar-refractivity contribution in [1.29, 1.82) is 0 Å². The van der Waals surface area contributed by atoms with E-state index in [0.29, 0.717) is 0 Å². The number of methoxy groups -OCH3 is 1. The molecule has 1 N–H and O–H groups in total. The lowest BCUT2D eigenvalue weighted by molar-refractivity contribution is 0.0511. The lowest BCUT2D eigenvalue weighted by atomic mass is 10.1. The first-order chi connectivity index (χ1) is 8.29. The monoisotopic (exact) mass is 231 g/mol. The molecule has 0 unspecified atom stereocenters. The molecule has 0 saturated carbocycles. The number of hydrogen-bond acceptors (Lipinski definition) is 3. The SMILES string of the molecule is C=C1CCC=C(c2ccc(OCOC)cc2)N1. The molecular weight excluding hydrogens is 214 g/mol. The summed E-state index contributed by atoms with van der Waals surface area (Å²) < 4.78 is 10.2. The summed E-state index contributed by atoms with van der Waals surface area (Å²) in [5.41, 5.74) is 3.34. The highest BCUT2D eigenvalue weighted by molar-refractivity contribution is 5.66. The predicted molar refractivity (Wildman–Crippen MR) is 68.4 cm³/mol. The molecule has 90 valence electrons. The zero-order chi connectivity index (χ0) is 12.1. The van der Waals surface area contributed by atoms with Crippen LogP contribution in [0.15, 0.2) is 42.6 Å². The van der Waals surface area contributed by atoms with E-state index in [1.807, 2.05) is 24.3 Å². The Labute approximate surface area is 102 Å². The molecule has 3 nitrogen and oxygen atoms in total. The molecule has 1 aliphatic heterocycles. The molecule has 3 heteroatoms. The minimum atomic E-state index is 0.275. The second-order valence-electron chi connectivity index (χ2n) is 3.96. The lowest BCUT2D eigenvalue weighted by Crippen LogP contribution is -2.14. The smallest absolute Gasteiger partial charge is 0.188 e. The maximum Gasteiger partial charge on any atom is 0.188 e. The standard InChI is InChI=1S/C14H17NO2/c1-11-4-3-5-14(15-11)12-6-8-13(9-7-12)17-10-16-2/h5-9,15H,1,3-4,10H2,2H3. The van der Waals surface area contributed by atoms with Gasteiger partial charge in [0.15, 0.2) is 6.79 Å². The zero-order valence-electron chi connectivity index (χ0n) is 10.0. The van der Waals surface area contributed by atoms with E-state index >= 15 is 0 Å². The lowest BCUT2D eigenvalue weighted by Gasteiger charge is -2.18. The average Bonchev–Trinajstić information content (AvgIpc) is 2.37. The minimum Gasteiger partial charge on any atom is -0.468 e. The molecule has 0 saturated heterocycles. The summed E-state index contributed by atoms with van der Waals surface area (Å²) in [6, 6.07) is 7.94. The van der Waals surface area contributed by atoms with Gasteiger partial charge in [-0.3, -0.25) is 0 Å². The highest BCUT2D eigenvalue weighted by atomic mass is 16.7. The van der Waals surface area contributed by atoms with Gasteiger partial charge in [0, 0.05) is 18.5 Å². The molecular formula is C14H17NO2. The summed E-state index contributed by atoms with van der Waals surface area (Å²) in [5.74, 6) is 0.811. The molecule has 2 rings (SSSR count). The second-order valence-corrected chi connectivity index (χ2v) is 3.96. The van der Waals surface area contributed by atoms with E-state index in [1.165, 1.54) is 0 Å². The third-order valence-electron chi connectivity index (χ3n) is 2.61. The summed E-state index contributed by atoms with van der Waals surface area (Å²) in [6.07, 6.45) is 4.25. The number of nitrogens with one attached hydrogen (secondary N) is 1. The van der Waals surface area contributed by atoms with Gasteiger partial charge in [-0.15, -0.1) is 0 Å². The Morgan fingerprint density at radius 3 is 2.71 bits per heavy atom. The topological polar surface area (TPSA) is 30.5 Å². The summed E-state index contributed by atoms with van der Waals surface area (Å²) in [6.45, 7) is 4.23. The third kappa shape index (κ3) is 3.11. The van der Waals surface area contributed by atoms with Crippen molar-refractivity contribution in [2.75, 3.05) is 13.9 Å². The fourth-order valence-corrected chi connectivity index (χ4v) is 1.74. The molecule has 0 fully saturated rings. The van der Waals surface area contributed by atoms with Crippen LogP contribution in [0.25, 0.3) is 5.70 Å². The van der Waals surface area contributed by atoms with Gasteiger partial charge in [-0.1, -0.05) is 12.7 Å². The van der Waals surface area contributed by atoms with Crippen molar-refractivity contribution in [3.05, 3.63) is 48.2 Å². The molecule has 0 amide bonds. The summed E-state index contributed by atoms with van der Waals surface area (Å²) in [7, 11) is 1.61. The van der Waals surface area contributed by atoms with E-state index in [0.717, 1.165) is 35.5 Å². The average molecular weight is 231 g/mol. The van der Waals surface area contributed by atoms with Crippen molar-refractivity contribution < 1.29 is 9.47 Å². The first kappa shape index (κ1) is 11.7. The highest BCUT2D eigenvalue weighted by Crippen LogP contribution is 2.22. The van der Waals surface area contributed by atoms with Crippen LogP contribution in [0, 0.1) is 0 Å². The first-order valence-electron chi connectivity index (χ1n) is 5.67. The molecule has 1 aromatic carbocycles.